The van der Waals surface area contributed by atoms with Crippen LogP contribution in [0.2, 0.25) is 12.5 Å². The van der Waals surface area contributed by atoms with Crippen LogP contribution in [-0.4, -0.2) is 57.2 Å². The molecule has 2 rings (SSSR count). The topological polar surface area (TPSA) is 23.5 Å². The first-order chi connectivity index (χ1) is 8.25. The number of likely N-dealkylation sites (tertiary alicyclic amines) is 1. The molecule has 98 valence electrons. The molecular formula is C14H28InNO. The van der Waals surface area contributed by atoms with Gasteiger partial charge in [0.15, 0.2) is 0 Å². The molecule has 2 aliphatic heterocycles. The van der Waals surface area contributed by atoms with Gasteiger partial charge in [-0.15, -0.1) is 0 Å². The predicted molar refractivity (Wildman–Crippen MR) is 74.9 cm³/mol. The van der Waals surface area contributed by atoms with Crippen LogP contribution < -0.4 is 0 Å². The Bertz CT molecular complexity index is 218. The van der Waals surface area contributed by atoms with Crippen LogP contribution in [0.4, 0.5) is 0 Å². The third-order valence-corrected chi connectivity index (χ3v) is 15.3. The molecular weight excluding hydrogens is 313 g/mol. The van der Waals surface area contributed by atoms with Gasteiger partial charge >= 0.3 is 115 Å². The Kier molecular flexibility index (Phi) is 6.18. The number of aliphatic hydroxyl groups excluding tert-OH is 1. The normalized spacial score (nSPS) is 31.8. The molecule has 0 aliphatic carbocycles. The van der Waals surface area contributed by atoms with Crippen molar-refractivity contribution in [1.29, 1.82) is 0 Å². The van der Waals surface area contributed by atoms with E-state index in [-0.39, 0.29) is 6.10 Å². The maximum absolute atomic E-state index is 9.87. The summed E-state index contributed by atoms with van der Waals surface area (Å²) in [5, 5.41) is 9.87. The Hall–Kier alpha value is 0.790. The molecule has 2 aliphatic rings. The van der Waals surface area contributed by atoms with Crippen molar-refractivity contribution in [2.75, 3.05) is 19.6 Å². The Morgan fingerprint density at radius 2 is 2.00 bits per heavy atom. The van der Waals surface area contributed by atoms with Crippen LogP contribution in [0.15, 0.2) is 0 Å². The van der Waals surface area contributed by atoms with Crippen molar-refractivity contribution in [3.63, 3.8) is 0 Å². The number of aliphatic hydroxyl groups is 1. The SMILES string of the molecule is CC1CCN(CC[CH2][In]2[CH2]CCC[CH2]2)CC1O. The van der Waals surface area contributed by atoms with Gasteiger partial charge in [0.25, 0.3) is 0 Å². The van der Waals surface area contributed by atoms with Crippen LogP contribution >= 0.6 is 0 Å². The van der Waals surface area contributed by atoms with Gasteiger partial charge in [0, 0.05) is 0 Å². The van der Waals surface area contributed by atoms with E-state index in [2.05, 4.69) is 11.8 Å². The molecule has 0 bridgehead atoms. The minimum atomic E-state index is -0.995. The fraction of sp³-hybridized carbons (Fsp3) is 1.00. The van der Waals surface area contributed by atoms with Crippen molar-refractivity contribution in [1.82, 2.24) is 4.90 Å². The van der Waals surface area contributed by atoms with Crippen molar-refractivity contribution >= 4 is 21.4 Å². The number of piperidine rings is 1. The van der Waals surface area contributed by atoms with Crippen LogP contribution in [0.25, 0.3) is 0 Å². The molecule has 1 N–H and O–H groups in total. The molecule has 3 heteroatoms. The Morgan fingerprint density at radius 3 is 2.71 bits per heavy atom. The van der Waals surface area contributed by atoms with Gasteiger partial charge < -0.3 is 0 Å². The summed E-state index contributed by atoms with van der Waals surface area (Å²) < 4.78 is 4.99. The summed E-state index contributed by atoms with van der Waals surface area (Å²) in [5.74, 6) is 0.517. The first-order valence-corrected chi connectivity index (χ1v) is 14.6. The first kappa shape index (κ1) is 14.2. The second-order valence-electron chi connectivity index (χ2n) is 6.28. The third-order valence-electron chi connectivity index (χ3n) is 4.81. The van der Waals surface area contributed by atoms with Crippen molar-refractivity contribution in [2.24, 2.45) is 5.92 Å². The van der Waals surface area contributed by atoms with Crippen LogP contribution in [0.3, 0.4) is 0 Å². The zero-order valence-corrected chi connectivity index (χ0v) is 14.7. The summed E-state index contributed by atoms with van der Waals surface area (Å²) in [5.41, 5.74) is 0. The quantitative estimate of drug-likeness (QED) is 0.850. The standard InChI is InChI=1S/C9H18NO.C5H10.In/c1-3-5-10-6-4-8(2)9(11)7-10;1-3-5-4-2;/h8-9,11H,1,3-7H2,2H3;1-5H2;. The van der Waals surface area contributed by atoms with Crippen LogP contribution in [0, 0.1) is 5.92 Å². The monoisotopic (exact) mass is 341 g/mol. The molecule has 0 radical (unpaired) electrons. The van der Waals surface area contributed by atoms with Gasteiger partial charge in [-0.2, -0.15) is 0 Å². The van der Waals surface area contributed by atoms with Gasteiger partial charge in [-0.3, -0.25) is 0 Å². The molecule has 0 aromatic carbocycles. The zero-order chi connectivity index (χ0) is 12.1. The van der Waals surface area contributed by atoms with E-state index in [1.54, 1.807) is 25.4 Å². The summed E-state index contributed by atoms with van der Waals surface area (Å²) in [7, 11) is 0. The van der Waals surface area contributed by atoms with Gasteiger partial charge in [0.2, 0.25) is 0 Å². The van der Waals surface area contributed by atoms with E-state index in [1.165, 1.54) is 32.4 Å². The zero-order valence-electron chi connectivity index (χ0n) is 11.4. The van der Waals surface area contributed by atoms with E-state index in [0.717, 1.165) is 6.54 Å². The fourth-order valence-electron chi connectivity index (χ4n) is 3.40. The Labute approximate surface area is 114 Å². The van der Waals surface area contributed by atoms with Crippen LogP contribution in [0.5, 0.6) is 0 Å². The van der Waals surface area contributed by atoms with E-state index in [1.807, 2.05) is 0 Å². The van der Waals surface area contributed by atoms with E-state index < -0.39 is 21.4 Å². The van der Waals surface area contributed by atoms with Gasteiger partial charge in [0.1, 0.15) is 0 Å². The maximum atomic E-state index is 9.87. The molecule has 2 atom stereocenters. The number of rotatable bonds is 4. The first-order valence-electron chi connectivity index (χ1n) is 7.66. The molecule has 0 amide bonds. The number of hydrogen-bond acceptors (Lipinski definition) is 2. The molecule has 0 spiro atoms. The van der Waals surface area contributed by atoms with Crippen molar-refractivity contribution in [2.45, 2.75) is 57.7 Å². The molecule has 2 nitrogen and oxygen atoms in total. The van der Waals surface area contributed by atoms with Gasteiger partial charge in [-0.25, -0.2) is 0 Å². The average Bonchev–Trinajstić information content (AvgIpc) is 2.35. The van der Waals surface area contributed by atoms with Crippen LogP contribution in [0.1, 0.15) is 39.0 Å². The third kappa shape index (κ3) is 4.76. The molecule has 0 saturated carbocycles. The Morgan fingerprint density at radius 1 is 1.24 bits per heavy atom. The van der Waals surface area contributed by atoms with E-state index in [9.17, 15) is 5.11 Å². The summed E-state index contributed by atoms with van der Waals surface area (Å²) in [6.07, 6.45) is 7.18. The molecule has 2 heterocycles. The number of nitrogens with zero attached hydrogens (tertiary/aromatic N) is 1. The molecule has 2 fully saturated rings. The minimum absolute atomic E-state index is 0.0676. The van der Waals surface area contributed by atoms with Gasteiger partial charge in [-0.05, 0) is 0 Å². The second-order valence-corrected chi connectivity index (χ2v) is 16.2. The summed E-state index contributed by atoms with van der Waals surface area (Å²) in [4.78, 5) is 2.50. The van der Waals surface area contributed by atoms with Crippen molar-refractivity contribution in [3.8, 4) is 0 Å². The molecule has 0 aromatic rings. The van der Waals surface area contributed by atoms with Gasteiger partial charge in [-0.1, -0.05) is 0 Å². The number of β-amino-alcohol motifs (C(OH)–C–C–N with tert-alkyl or cyclic N) is 1. The predicted octanol–water partition coefficient (Wildman–Crippen LogP) is 2.76. The molecule has 2 saturated heterocycles. The average molecular weight is 341 g/mol. The van der Waals surface area contributed by atoms with E-state index in [0.29, 0.717) is 5.92 Å². The fourth-order valence-corrected chi connectivity index (χ4v) is 13.0. The molecule has 17 heavy (non-hydrogen) atoms. The number of hydrogen-bond donors (Lipinski definition) is 1. The molecule has 2 unspecified atom stereocenters. The summed E-state index contributed by atoms with van der Waals surface area (Å²) in [6.45, 7) is 5.59. The molecule has 0 aromatic heterocycles. The second kappa shape index (κ2) is 7.40. The van der Waals surface area contributed by atoms with Gasteiger partial charge in [0.05, 0.1) is 0 Å². The summed E-state index contributed by atoms with van der Waals surface area (Å²) >= 11 is -0.995. The van der Waals surface area contributed by atoms with Crippen molar-refractivity contribution in [3.05, 3.63) is 0 Å². The van der Waals surface area contributed by atoms with Crippen molar-refractivity contribution < 1.29 is 5.11 Å². The van der Waals surface area contributed by atoms with E-state index >= 15 is 0 Å². The Balaban J connectivity index is 1.58. The van der Waals surface area contributed by atoms with Crippen LogP contribution in [-0.2, 0) is 0 Å². The summed E-state index contributed by atoms with van der Waals surface area (Å²) in [6, 6.07) is 0. The van der Waals surface area contributed by atoms with E-state index in [4.69, 9.17) is 0 Å².